The molecule has 2 fully saturated rings. The van der Waals surface area contributed by atoms with Crippen LogP contribution in [0.2, 0.25) is 5.02 Å². The number of halogens is 2. The van der Waals surface area contributed by atoms with Gasteiger partial charge in [-0.25, -0.2) is 0 Å². The van der Waals surface area contributed by atoms with Crippen molar-refractivity contribution in [2.75, 3.05) is 18.4 Å². The number of hydrogen-bond acceptors (Lipinski definition) is 3. The van der Waals surface area contributed by atoms with Crippen LogP contribution in [-0.4, -0.2) is 19.0 Å². The zero-order valence-electron chi connectivity index (χ0n) is 14.3. The molecule has 1 spiro atoms. The molecule has 2 aromatic rings. The summed E-state index contributed by atoms with van der Waals surface area (Å²) >= 11 is 6.10. The van der Waals surface area contributed by atoms with Crippen molar-refractivity contribution in [2.24, 2.45) is 11.3 Å². The van der Waals surface area contributed by atoms with E-state index < -0.39 is 0 Å². The lowest BCUT2D eigenvalue weighted by Crippen LogP contribution is -2.31. The van der Waals surface area contributed by atoms with E-state index >= 15 is 0 Å². The number of amides is 1. The maximum atomic E-state index is 12.5. The first-order valence-corrected chi connectivity index (χ1v) is 9.08. The number of nitrogens with one attached hydrogen (secondary N) is 2. The van der Waals surface area contributed by atoms with Gasteiger partial charge in [-0.05, 0) is 74.2 Å². The fourth-order valence-corrected chi connectivity index (χ4v) is 3.86. The average molecular weight is 393 g/mol. The molecular weight excluding hydrogens is 371 g/mol. The molecule has 0 radical (unpaired) electrons. The number of hydrogen-bond donors (Lipinski definition) is 2. The Hall–Kier alpha value is -1.75. The van der Waals surface area contributed by atoms with E-state index in [1.807, 2.05) is 42.5 Å². The molecule has 0 aromatic heterocycles. The third-order valence-electron chi connectivity index (χ3n) is 5.29. The summed E-state index contributed by atoms with van der Waals surface area (Å²) in [5.41, 5.74) is 1.05. The van der Waals surface area contributed by atoms with Gasteiger partial charge >= 0.3 is 0 Å². The van der Waals surface area contributed by atoms with Crippen molar-refractivity contribution in [3.8, 4) is 11.5 Å². The molecule has 1 aliphatic carbocycles. The fraction of sp³-hybridized carbons (Fsp3) is 0.350. The van der Waals surface area contributed by atoms with Crippen LogP contribution < -0.4 is 15.4 Å². The molecule has 1 atom stereocenters. The molecule has 1 unspecified atom stereocenters. The molecule has 4 rings (SSSR count). The summed E-state index contributed by atoms with van der Waals surface area (Å²) in [5, 5.41) is 6.97. The lowest BCUT2D eigenvalue weighted by atomic mass is 9.92. The van der Waals surface area contributed by atoms with Crippen molar-refractivity contribution < 1.29 is 9.53 Å². The minimum absolute atomic E-state index is 0. The lowest BCUT2D eigenvalue weighted by Gasteiger charge is -2.23. The highest BCUT2D eigenvalue weighted by atomic mass is 35.5. The molecule has 1 saturated carbocycles. The summed E-state index contributed by atoms with van der Waals surface area (Å²) in [4.78, 5) is 12.5. The van der Waals surface area contributed by atoms with Crippen LogP contribution in [0.15, 0.2) is 48.5 Å². The van der Waals surface area contributed by atoms with Crippen LogP contribution in [0.3, 0.4) is 0 Å². The Balaban J connectivity index is 0.00000196. The standard InChI is InChI=1S/C20H21ClN2O2.ClH/c21-17-3-1-2-4-18(17)25-15-7-5-14(6-8-15)23-19(24)16-13-20(16)9-11-22-12-10-20;/h1-8,16,22H,9-13H2,(H,23,24);1H. The van der Waals surface area contributed by atoms with Gasteiger partial charge in [-0.1, -0.05) is 23.7 Å². The van der Waals surface area contributed by atoms with E-state index in [-0.39, 0.29) is 29.6 Å². The van der Waals surface area contributed by atoms with Crippen LogP contribution in [0.5, 0.6) is 11.5 Å². The number of benzene rings is 2. The van der Waals surface area contributed by atoms with Crippen LogP contribution in [0.1, 0.15) is 19.3 Å². The zero-order chi connectivity index (χ0) is 17.3. The molecule has 1 saturated heterocycles. The molecule has 2 aromatic carbocycles. The predicted octanol–water partition coefficient (Wildman–Crippen LogP) is 4.88. The van der Waals surface area contributed by atoms with E-state index in [2.05, 4.69) is 10.6 Å². The fourth-order valence-electron chi connectivity index (χ4n) is 3.69. The molecule has 2 N–H and O–H groups in total. The summed E-state index contributed by atoms with van der Waals surface area (Å²) in [6.45, 7) is 2.05. The molecule has 1 aliphatic heterocycles. The largest absolute Gasteiger partial charge is 0.456 e. The van der Waals surface area contributed by atoms with Crippen LogP contribution in [0.4, 0.5) is 5.69 Å². The van der Waals surface area contributed by atoms with Crippen molar-refractivity contribution in [3.05, 3.63) is 53.6 Å². The molecule has 2 aliphatic rings. The van der Waals surface area contributed by atoms with Crippen LogP contribution in [-0.2, 0) is 4.79 Å². The second kappa shape index (κ2) is 7.87. The van der Waals surface area contributed by atoms with Gasteiger partial charge in [0, 0.05) is 11.6 Å². The Bertz CT molecular complexity index is 774. The van der Waals surface area contributed by atoms with Gasteiger partial charge in [-0.15, -0.1) is 12.4 Å². The van der Waals surface area contributed by atoms with E-state index in [9.17, 15) is 4.79 Å². The Morgan fingerprint density at radius 1 is 1.12 bits per heavy atom. The molecule has 4 nitrogen and oxygen atoms in total. The second-order valence-corrected chi connectivity index (χ2v) is 7.32. The predicted molar refractivity (Wildman–Crippen MR) is 106 cm³/mol. The van der Waals surface area contributed by atoms with Gasteiger partial charge in [0.1, 0.15) is 11.5 Å². The minimum atomic E-state index is 0. The first-order chi connectivity index (χ1) is 12.2. The third kappa shape index (κ3) is 3.98. The first kappa shape index (κ1) is 19.0. The van der Waals surface area contributed by atoms with Gasteiger partial charge in [0.05, 0.1) is 5.02 Å². The maximum Gasteiger partial charge on any atom is 0.228 e. The summed E-state index contributed by atoms with van der Waals surface area (Å²) < 4.78 is 5.77. The van der Waals surface area contributed by atoms with Crippen LogP contribution in [0, 0.1) is 11.3 Å². The Morgan fingerprint density at radius 3 is 2.50 bits per heavy atom. The summed E-state index contributed by atoms with van der Waals surface area (Å²) in [6, 6.07) is 14.8. The topological polar surface area (TPSA) is 50.4 Å². The Labute approximate surface area is 164 Å². The van der Waals surface area contributed by atoms with E-state index in [1.165, 1.54) is 0 Å². The highest BCUT2D eigenvalue weighted by molar-refractivity contribution is 6.32. The molecular formula is C20H22Cl2N2O2. The van der Waals surface area contributed by atoms with Crippen molar-refractivity contribution in [1.82, 2.24) is 5.32 Å². The number of carbonyl (C=O) groups excluding carboxylic acids is 1. The number of rotatable bonds is 4. The molecule has 26 heavy (non-hydrogen) atoms. The van der Waals surface area contributed by atoms with Gasteiger partial charge in [0.2, 0.25) is 5.91 Å². The normalized spacial score (nSPS) is 20.1. The highest BCUT2D eigenvalue weighted by Gasteiger charge is 2.57. The molecule has 1 heterocycles. The molecule has 6 heteroatoms. The van der Waals surface area contributed by atoms with Crippen LogP contribution >= 0.6 is 24.0 Å². The summed E-state index contributed by atoms with van der Waals surface area (Å²) in [6.07, 6.45) is 3.24. The number of carbonyl (C=O) groups is 1. The molecule has 1 amide bonds. The van der Waals surface area contributed by atoms with Crippen molar-refractivity contribution in [3.63, 3.8) is 0 Å². The smallest absolute Gasteiger partial charge is 0.228 e. The van der Waals surface area contributed by atoms with Gasteiger partial charge in [-0.2, -0.15) is 0 Å². The van der Waals surface area contributed by atoms with E-state index in [1.54, 1.807) is 6.07 Å². The van der Waals surface area contributed by atoms with Gasteiger partial charge in [0.25, 0.3) is 0 Å². The summed E-state index contributed by atoms with van der Waals surface area (Å²) in [7, 11) is 0. The van der Waals surface area contributed by atoms with E-state index in [0.29, 0.717) is 16.5 Å². The van der Waals surface area contributed by atoms with Crippen molar-refractivity contribution >= 4 is 35.6 Å². The van der Waals surface area contributed by atoms with E-state index in [0.717, 1.165) is 38.0 Å². The van der Waals surface area contributed by atoms with Gasteiger partial charge in [0.15, 0.2) is 0 Å². The number of para-hydroxylation sites is 1. The number of anilines is 1. The van der Waals surface area contributed by atoms with Gasteiger partial charge in [-0.3, -0.25) is 4.79 Å². The van der Waals surface area contributed by atoms with E-state index in [4.69, 9.17) is 16.3 Å². The summed E-state index contributed by atoms with van der Waals surface area (Å²) in [5.74, 6) is 1.61. The number of ether oxygens (including phenoxy) is 1. The van der Waals surface area contributed by atoms with Crippen molar-refractivity contribution in [2.45, 2.75) is 19.3 Å². The van der Waals surface area contributed by atoms with Gasteiger partial charge < -0.3 is 15.4 Å². The van der Waals surface area contributed by atoms with Crippen molar-refractivity contribution in [1.29, 1.82) is 0 Å². The lowest BCUT2D eigenvalue weighted by molar-refractivity contribution is -0.118. The quantitative estimate of drug-likeness (QED) is 0.778. The third-order valence-corrected chi connectivity index (χ3v) is 5.60. The zero-order valence-corrected chi connectivity index (χ0v) is 15.9. The second-order valence-electron chi connectivity index (χ2n) is 6.92. The van der Waals surface area contributed by atoms with Crippen LogP contribution in [0.25, 0.3) is 0 Å². The Morgan fingerprint density at radius 2 is 1.81 bits per heavy atom. The maximum absolute atomic E-state index is 12.5. The minimum Gasteiger partial charge on any atom is -0.456 e. The first-order valence-electron chi connectivity index (χ1n) is 8.70. The Kier molecular flexibility index (Phi) is 5.76. The monoisotopic (exact) mass is 392 g/mol. The molecule has 0 bridgehead atoms. The highest BCUT2D eigenvalue weighted by Crippen LogP contribution is 2.58. The average Bonchev–Trinajstić information content (AvgIpc) is 3.32. The number of piperidine rings is 1. The SMILES string of the molecule is Cl.O=C(Nc1ccc(Oc2ccccc2Cl)cc1)C1CC12CCNCC2. The molecule has 138 valence electrons.